The molecule has 2 aromatic heterocycles. The van der Waals surface area contributed by atoms with Crippen molar-refractivity contribution >= 4 is 44.3 Å². The van der Waals surface area contributed by atoms with Crippen molar-refractivity contribution in [1.29, 1.82) is 0 Å². The first-order valence-corrected chi connectivity index (χ1v) is 10.8. The number of hydrogen-bond donors (Lipinski definition) is 2. The number of aromatic nitrogens is 3. The molecule has 4 aromatic rings. The Balaban J connectivity index is 1.81. The SMILES string of the molecule is COn1c(=O)c(-c2ccccc2Cl)cc2cnc(Nc3cccc(S(N)(=O)=O)c3)nc21. The molecule has 0 bridgehead atoms. The minimum Gasteiger partial charge on any atom is -0.412 e. The highest BCUT2D eigenvalue weighted by Crippen LogP contribution is 2.27. The van der Waals surface area contributed by atoms with E-state index in [1.54, 1.807) is 36.4 Å². The van der Waals surface area contributed by atoms with Gasteiger partial charge in [0.1, 0.15) is 7.11 Å². The standard InChI is InChI=1S/C20H16ClN5O4S/c1-30-26-18-12(9-16(19(26)27)15-7-2-3-8-17(15)21)11-23-20(25-18)24-13-5-4-6-14(10-13)31(22,28)29/h2-11H,1H3,(H2,22,28,29)(H,23,24,25). The van der Waals surface area contributed by atoms with Crippen molar-refractivity contribution in [2.45, 2.75) is 4.90 Å². The number of anilines is 2. The molecule has 2 aromatic carbocycles. The summed E-state index contributed by atoms with van der Waals surface area (Å²) < 4.78 is 24.2. The summed E-state index contributed by atoms with van der Waals surface area (Å²) in [6.07, 6.45) is 1.52. The lowest BCUT2D eigenvalue weighted by molar-refractivity contribution is 0.168. The number of hydrogen-bond acceptors (Lipinski definition) is 7. The maximum Gasteiger partial charge on any atom is 0.293 e. The van der Waals surface area contributed by atoms with Crippen LogP contribution in [-0.4, -0.2) is 30.2 Å². The lowest BCUT2D eigenvalue weighted by Gasteiger charge is -2.12. The molecule has 0 fully saturated rings. The largest absolute Gasteiger partial charge is 0.412 e. The zero-order chi connectivity index (χ0) is 22.2. The van der Waals surface area contributed by atoms with Gasteiger partial charge in [-0.1, -0.05) is 35.9 Å². The van der Waals surface area contributed by atoms with E-state index in [-0.39, 0.29) is 16.5 Å². The fourth-order valence-corrected chi connectivity index (χ4v) is 3.85. The maximum atomic E-state index is 13.0. The van der Waals surface area contributed by atoms with E-state index >= 15 is 0 Å². The zero-order valence-electron chi connectivity index (χ0n) is 16.1. The fourth-order valence-electron chi connectivity index (χ4n) is 3.05. The van der Waals surface area contributed by atoms with Crippen molar-refractivity contribution in [2.24, 2.45) is 5.14 Å². The molecule has 0 saturated carbocycles. The van der Waals surface area contributed by atoms with Crippen LogP contribution in [-0.2, 0) is 10.0 Å². The first-order valence-electron chi connectivity index (χ1n) is 8.90. The van der Waals surface area contributed by atoms with Crippen LogP contribution in [0, 0.1) is 0 Å². The van der Waals surface area contributed by atoms with Crippen molar-refractivity contribution in [3.63, 3.8) is 0 Å². The molecule has 9 nitrogen and oxygen atoms in total. The zero-order valence-corrected chi connectivity index (χ0v) is 17.7. The number of fused-ring (bicyclic) bond motifs is 1. The van der Waals surface area contributed by atoms with Gasteiger partial charge in [0, 0.05) is 27.9 Å². The lowest BCUT2D eigenvalue weighted by atomic mass is 10.1. The number of benzene rings is 2. The summed E-state index contributed by atoms with van der Waals surface area (Å²) in [5.41, 5.74) is 1.09. The van der Waals surface area contributed by atoms with Crippen LogP contribution in [0.25, 0.3) is 22.2 Å². The van der Waals surface area contributed by atoms with E-state index in [1.807, 2.05) is 0 Å². The first-order chi connectivity index (χ1) is 14.8. The molecule has 3 N–H and O–H groups in total. The van der Waals surface area contributed by atoms with Gasteiger partial charge in [0.25, 0.3) is 5.56 Å². The van der Waals surface area contributed by atoms with Crippen LogP contribution in [0.15, 0.2) is 70.5 Å². The van der Waals surface area contributed by atoms with Gasteiger partial charge in [-0.3, -0.25) is 4.79 Å². The Morgan fingerprint density at radius 2 is 1.87 bits per heavy atom. The minimum absolute atomic E-state index is 0.0588. The summed E-state index contributed by atoms with van der Waals surface area (Å²) in [6, 6.07) is 14.5. The van der Waals surface area contributed by atoms with Crippen molar-refractivity contribution in [2.75, 3.05) is 12.4 Å². The summed E-state index contributed by atoms with van der Waals surface area (Å²) in [7, 11) is -2.51. The first kappa shape index (κ1) is 20.8. The Kier molecular flexibility index (Phi) is 5.36. The molecule has 4 rings (SSSR count). The predicted molar refractivity (Wildman–Crippen MR) is 118 cm³/mol. The van der Waals surface area contributed by atoms with Crippen LogP contribution in [0.3, 0.4) is 0 Å². The van der Waals surface area contributed by atoms with E-state index in [0.717, 1.165) is 4.73 Å². The second kappa shape index (κ2) is 7.99. The third kappa shape index (κ3) is 4.08. The number of rotatable bonds is 5. The van der Waals surface area contributed by atoms with Crippen LogP contribution in [0.5, 0.6) is 0 Å². The molecule has 0 unspecified atom stereocenters. The molecule has 0 saturated heterocycles. The number of primary sulfonamides is 1. The van der Waals surface area contributed by atoms with Gasteiger partial charge in [-0.25, -0.2) is 18.5 Å². The third-order valence-electron chi connectivity index (χ3n) is 4.47. The van der Waals surface area contributed by atoms with Crippen LogP contribution in [0.4, 0.5) is 11.6 Å². The van der Waals surface area contributed by atoms with E-state index < -0.39 is 15.6 Å². The number of nitrogens with zero attached hydrogens (tertiary/aromatic N) is 3. The van der Waals surface area contributed by atoms with Gasteiger partial charge in [-0.05, 0) is 30.3 Å². The molecule has 0 spiro atoms. The Bertz CT molecular complexity index is 1470. The fraction of sp³-hybridized carbons (Fsp3) is 0.0500. The van der Waals surface area contributed by atoms with E-state index in [4.69, 9.17) is 21.6 Å². The summed E-state index contributed by atoms with van der Waals surface area (Å²) in [4.78, 5) is 26.8. The molecule has 2 heterocycles. The molecule has 158 valence electrons. The van der Waals surface area contributed by atoms with E-state index in [0.29, 0.717) is 27.2 Å². The summed E-state index contributed by atoms with van der Waals surface area (Å²) in [6.45, 7) is 0. The third-order valence-corrected chi connectivity index (χ3v) is 5.71. The molecule has 0 atom stereocenters. The summed E-state index contributed by atoms with van der Waals surface area (Å²) in [5.74, 6) is 0.134. The molecule has 0 aliphatic carbocycles. The highest BCUT2D eigenvalue weighted by atomic mass is 35.5. The normalized spacial score (nSPS) is 11.5. The Labute approximate surface area is 182 Å². The summed E-state index contributed by atoms with van der Waals surface area (Å²) in [5, 5.41) is 9.04. The molecular weight excluding hydrogens is 442 g/mol. The highest BCUT2D eigenvalue weighted by Gasteiger charge is 2.16. The van der Waals surface area contributed by atoms with Gasteiger partial charge in [0.05, 0.1) is 10.5 Å². The second-order valence-electron chi connectivity index (χ2n) is 6.49. The molecule has 0 amide bonds. The van der Waals surface area contributed by atoms with Crippen LogP contribution in [0.1, 0.15) is 0 Å². The smallest absolute Gasteiger partial charge is 0.293 e. The second-order valence-corrected chi connectivity index (χ2v) is 8.46. The Morgan fingerprint density at radius 3 is 2.58 bits per heavy atom. The monoisotopic (exact) mass is 457 g/mol. The molecule has 31 heavy (non-hydrogen) atoms. The van der Waals surface area contributed by atoms with Gasteiger partial charge < -0.3 is 10.2 Å². The maximum absolute atomic E-state index is 13.0. The average molecular weight is 458 g/mol. The number of halogens is 1. The van der Waals surface area contributed by atoms with E-state index in [2.05, 4.69) is 15.3 Å². The number of nitrogens with one attached hydrogen (secondary N) is 1. The van der Waals surface area contributed by atoms with Crippen molar-refractivity contribution in [3.05, 3.63) is 76.2 Å². The van der Waals surface area contributed by atoms with Gasteiger partial charge >= 0.3 is 0 Å². The van der Waals surface area contributed by atoms with Gasteiger partial charge in [-0.2, -0.15) is 4.98 Å². The van der Waals surface area contributed by atoms with Gasteiger partial charge in [0.2, 0.25) is 16.0 Å². The van der Waals surface area contributed by atoms with Gasteiger partial charge in [-0.15, -0.1) is 4.73 Å². The topological polar surface area (TPSA) is 129 Å². The molecular formula is C20H16ClN5O4S. The highest BCUT2D eigenvalue weighted by molar-refractivity contribution is 7.89. The number of pyridine rings is 1. The number of sulfonamides is 1. The van der Waals surface area contributed by atoms with Crippen LogP contribution >= 0.6 is 11.6 Å². The molecule has 0 aliphatic heterocycles. The van der Waals surface area contributed by atoms with Gasteiger partial charge in [0.15, 0.2) is 5.65 Å². The average Bonchev–Trinajstić information content (AvgIpc) is 2.74. The van der Waals surface area contributed by atoms with Crippen molar-refractivity contribution in [1.82, 2.24) is 14.7 Å². The van der Waals surface area contributed by atoms with Crippen molar-refractivity contribution in [3.8, 4) is 11.1 Å². The van der Waals surface area contributed by atoms with E-state index in [9.17, 15) is 13.2 Å². The molecule has 11 heteroatoms. The van der Waals surface area contributed by atoms with Crippen molar-refractivity contribution < 1.29 is 13.3 Å². The lowest BCUT2D eigenvalue weighted by Crippen LogP contribution is -2.27. The quantitative estimate of drug-likeness (QED) is 0.471. The van der Waals surface area contributed by atoms with Crippen LogP contribution < -0.4 is 20.9 Å². The Hall–Kier alpha value is -3.47. The number of nitrogens with two attached hydrogens (primary N) is 1. The molecule has 0 aliphatic rings. The molecule has 0 radical (unpaired) electrons. The van der Waals surface area contributed by atoms with E-state index in [1.165, 1.54) is 31.5 Å². The van der Waals surface area contributed by atoms with Crippen LogP contribution in [0.2, 0.25) is 5.02 Å². The Morgan fingerprint density at radius 1 is 1.10 bits per heavy atom. The minimum atomic E-state index is -3.86. The summed E-state index contributed by atoms with van der Waals surface area (Å²) >= 11 is 6.26. The predicted octanol–water partition coefficient (Wildman–Crippen LogP) is 2.56.